The molecule has 4 nitrogen and oxygen atoms in total. The van der Waals surface area contributed by atoms with Crippen LogP contribution in [-0.2, 0) is 17.8 Å². The van der Waals surface area contributed by atoms with Crippen molar-refractivity contribution in [3.63, 3.8) is 0 Å². The van der Waals surface area contributed by atoms with Crippen molar-refractivity contribution in [2.45, 2.75) is 31.8 Å². The Morgan fingerprint density at radius 3 is 2.46 bits per heavy atom. The minimum Gasteiger partial charge on any atom is -0.353 e. The molecule has 0 atom stereocenters. The van der Waals surface area contributed by atoms with Gasteiger partial charge in [0.1, 0.15) is 0 Å². The standard InChI is InChI=1S/C21H18Cl3N3O/c22-15-4-1-13(2-5-15)12-27-20(14-3-8-18(23)19(24)9-14)10-17(26-27)11-21(28)25-16-6-7-16/h1-5,8-10,16H,6-7,11-12H2,(H,25,28). The Labute approximate surface area is 178 Å². The van der Waals surface area contributed by atoms with E-state index in [0.29, 0.717) is 33.3 Å². The molecule has 1 heterocycles. The molecule has 0 aliphatic heterocycles. The van der Waals surface area contributed by atoms with E-state index in [4.69, 9.17) is 34.8 Å². The summed E-state index contributed by atoms with van der Waals surface area (Å²) in [5, 5.41) is 9.34. The maximum Gasteiger partial charge on any atom is 0.226 e. The van der Waals surface area contributed by atoms with Crippen molar-refractivity contribution in [1.29, 1.82) is 0 Å². The topological polar surface area (TPSA) is 46.9 Å². The van der Waals surface area contributed by atoms with Crippen molar-refractivity contribution in [1.82, 2.24) is 15.1 Å². The highest BCUT2D eigenvalue weighted by Crippen LogP contribution is 2.29. The third-order valence-electron chi connectivity index (χ3n) is 4.58. The fraction of sp³-hybridized carbons (Fsp3) is 0.238. The quantitative estimate of drug-likeness (QED) is 0.566. The van der Waals surface area contributed by atoms with Gasteiger partial charge in [-0.15, -0.1) is 0 Å². The number of nitrogens with zero attached hydrogens (tertiary/aromatic N) is 2. The maximum atomic E-state index is 12.2. The van der Waals surface area contributed by atoms with Crippen LogP contribution in [0, 0.1) is 0 Å². The fourth-order valence-corrected chi connectivity index (χ4v) is 3.42. The molecule has 1 aliphatic rings. The molecule has 1 aliphatic carbocycles. The lowest BCUT2D eigenvalue weighted by molar-refractivity contribution is -0.120. The number of aromatic nitrogens is 2. The number of benzene rings is 2. The summed E-state index contributed by atoms with van der Waals surface area (Å²) >= 11 is 18.3. The van der Waals surface area contributed by atoms with Gasteiger partial charge in [0, 0.05) is 16.6 Å². The Hall–Kier alpha value is -2.01. The van der Waals surface area contributed by atoms with Crippen LogP contribution in [0.15, 0.2) is 48.5 Å². The van der Waals surface area contributed by atoms with Crippen molar-refractivity contribution in [3.05, 3.63) is 74.9 Å². The summed E-state index contributed by atoms with van der Waals surface area (Å²) in [4.78, 5) is 12.2. The van der Waals surface area contributed by atoms with Crippen LogP contribution < -0.4 is 5.32 Å². The second-order valence-electron chi connectivity index (χ2n) is 6.95. The van der Waals surface area contributed by atoms with Gasteiger partial charge in [0.2, 0.25) is 5.91 Å². The molecule has 1 fully saturated rings. The van der Waals surface area contributed by atoms with E-state index < -0.39 is 0 Å². The Bertz CT molecular complexity index is 1010. The zero-order chi connectivity index (χ0) is 19.7. The summed E-state index contributed by atoms with van der Waals surface area (Å²) in [6, 6.07) is 15.4. The number of amides is 1. The van der Waals surface area contributed by atoms with Gasteiger partial charge in [-0.2, -0.15) is 5.10 Å². The van der Waals surface area contributed by atoms with E-state index in [-0.39, 0.29) is 12.3 Å². The van der Waals surface area contributed by atoms with Gasteiger partial charge in [-0.25, -0.2) is 0 Å². The maximum absolute atomic E-state index is 12.2. The minimum atomic E-state index is -0.000619. The summed E-state index contributed by atoms with van der Waals surface area (Å²) in [6.07, 6.45) is 2.37. The van der Waals surface area contributed by atoms with Crippen LogP contribution in [0.1, 0.15) is 24.1 Å². The highest BCUT2D eigenvalue weighted by Gasteiger charge is 2.24. The van der Waals surface area contributed by atoms with Crippen molar-refractivity contribution in [2.24, 2.45) is 0 Å². The van der Waals surface area contributed by atoms with Gasteiger partial charge in [-0.3, -0.25) is 9.48 Å². The summed E-state index contributed by atoms with van der Waals surface area (Å²) < 4.78 is 1.88. The normalized spacial score (nSPS) is 13.5. The van der Waals surface area contributed by atoms with Gasteiger partial charge >= 0.3 is 0 Å². The Kier molecular flexibility index (Phi) is 5.63. The molecule has 144 valence electrons. The van der Waals surface area contributed by atoms with Crippen molar-refractivity contribution in [3.8, 4) is 11.3 Å². The molecule has 4 rings (SSSR count). The van der Waals surface area contributed by atoms with Gasteiger partial charge in [-0.1, -0.05) is 53.0 Å². The minimum absolute atomic E-state index is 0.000619. The third kappa shape index (κ3) is 4.69. The lowest BCUT2D eigenvalue weighted by atomic mass is 10.1. The largest absolute Gasteiger partial charge is 0.353 e. The Balaban J connectivity index is 1.65. The number of hydrogen-bond donors (Lipinski definition) is 1. The molecule has 1 aromatic heterocycles. The van der Waals surface area contributed by atoms with E-state index in [2.05, 4.69) is 10.4 Å². The van der Waals surface area contributed by atoms with Crippen molar-refractivity contribution < 1.29 is 4.79 Å². The number of carbonyl (C=O) groups is 1. The molecule has 0 unspecified atom stereocenters. The first-order valence-corrected chi connectivity index (χ1v) is 10.2. The molecule has 28 heavy (non-hydrogen) atoms. The number of nitrogens with one attached hydrogen (secondary N) is 1. The van der Waals surface area contributed by atoms with Crippen molar-refractivity contribution in [2.75, 3.05) is 0 Å². The summed E-state index contributed by atoms with van der Waals surface area (Å²) in [7, 11) is 0. The molecule has 2 aromatic carbocycles. The summed E-state index contributed by atoms with van der Waals surface area (Å²) in [6.45, 7) is 0.553. The number of rotatable bonds is 6. The molecule has 0 radical (unpaired) electrons. The zero-order valence-electron chi connectivity index (χ0n) is 15.0. The van der Waals surface area contributed by atoms with Crippen molar-refractivity contribution >= 4 is 40.7 Å². The molecule has 1 amide bonds. The highest BCUT2D eigenvalue weighted by molar-refractivity contribution is 6.42. The molecule has 1 N–H and O–H groups in total. The average molecular weight is 435 g/mol. The van der Waals surface area contributed by atoms with E-state index in [1.54, 1.807) is 6.07 Å². The number of halogens is 3. The Morgan fingerprint density at radius 1 is 1.04 bits per heavy atom. The van der Waals surface area contributed by atoms with Crippen LogP contribution >= 0.6 is 34.8 Å². The second-order valence-corrected chi connectivity index (χ2v) is 8.20. The van der Waals surface area contributed by atoms with E-state index in [1.807, 2.05) is 47.1 Å². The number of carbonyl (C=O) groups excluding carboxylic acids is 1. The molecule has 1 saturated carbocycles. The first kappa shape index (κ1) is 19.3. The predicted octanol–water partition coefficient (Wildman–Crippen LogP) is 5.38. The number of hydrogen-bond acceptors (Lipinski definition) is 2. The molecular formula is C21H18Cl3N3O. The average Bonchev–Trinajstić information content (AvgIpc) is 3.38. The summed E-state index contributed by atoms with van der Waals surface area (Å²) in [5.41, 5.74) is 3.54. The summed E-state index contributed by atoms with van der Waals surface area (Å²) in [5.74, 6) is -0.000619. The molecule has 0 bridgehead atoms. The van der Waals surface area contributed by atoms with Gasteiger partial charge in [0.15, 0.2) is 0 Å². The molecular weight excluding hydrogens is 417 g/mol. The predicted molar refractivity (Wildman–Crippen MR) is 113 cm³/mol. The van der Waals surface area contributed by atoms with E-state index in [9.17, 15) is 4.79 Å². The van der Waals surface area contributed by atoms with Gasteiger partial charge in [0.05, 0.1) is 34.4 Å². The smallest absolute Gasteiger partial charge is 0.226 e. The van der Waals surface area contributed by atoms with Crippen LogP contribution in [0.2, 0.25) is 15.1 Å². The van der Waals surface area contributed by atoms with Gasteiger partial charge in [0.25, 0.3) is 0 Å². The van der Waals surface area contributed by atoms with Gasteiger partial charge < -0.3 is 5.32 Å². The second kappa shape index (κ2) is 8.16. The molecule has 0 saturated heterocycles. The monoisotopic (exact) mass is 433 g/mol. The van der Waals surface area contributed by atoms with Crippen LogP contribution in [0.25, 0.3) is 11.3 Å². The van der Waals surface area contributed by atoms with Crippen LogP contribution in [0.5, 0.6) is 0 Å². The Morgan fingerprint density at radius 2 is 1.79 bits per heavy atom. The van der Waals surface area contributed by atoms with E-state index >= 15 is 0 Å². The zero-order valence-corrected chi connectivity index (χ0v) is 17.2. The van der Waals surface area contributed by atoms with Crippen LogP contribution in [0.3, 0.4) is 0 Å². The highest BCUT2D eigenvalue weighted by atomic mass is 35.5. The fourth-order valence-electron chi connectivity index (χ4n) is 3.00. The SMILES string of the molecule is O=C(Cc1cc(-c2ccc(Cl)c(Cl)c2)n(Cc2ccc(Cl)cc2)n1)NC1CC1. The lowest BCUT2D eigenvalue weighted by Gasteiger charge is -2.09. The molecule has 0 spiro atoms. The van der Waals surface area contributed by atoms with Crippen LogP contribution in [-0.4, -0.2) is 21.7 Å². The van der Waals surface area contributed by atoms with E-state index in [0.717, 1.165) is 29.7 Å². The first-order chi connectivity index (χ1) is 13.5. The molecule has 3 aromatic rings. The molecule has 7 heteroatoms. The van der Waals surface area contributed by atoms with Gasteiger partial charge in [-0.05, 0) is 48.7 Å². The van der Waals surface area contributed by atoms with Crippen LogP contribution in [0.4, 0.5) is 0 Å². The first-order valence-electron chi connectivity index (χ1n) is 9.04. The lowest BCUT2D eigenvalue weighted by Crippen LogP contribution is -2.27. The third-order valence-corrected chi connectivity index (χ3v) is 5.57. The van der Waals surface area contributed by atoms with E-state index in [1.165, 1.54) is 0 Å².